The second kappa shape index (κ2) is 7.31. The van der Waals surface area contributed by atoms with Gasteiger partial charge in [0.25, 0.3) is 0 Å². The van der Waals surface area contributed by atoms with Gasteiger partial charge in [-0.15, -0.1) is 11.8 Å². The van der Waals surface area contributed by atoms with E-state index < -0.39 is 10.0 Å². The first-order valence-electron chi connectivity index (χ1n) is 8.36. The Bertz CT molecular complexity index is 1060. The summed E-state index contributed by atoms with van der Waals surface area (Å²) in [6.07, 6.45) is 1.56. The van der Waals surface area contributed by atoms with Gasteiger partial charge in [-0.1, -0.05) is 35.9 Å². The molecule has 140 valence electrons. The number of nitrogens with zero attached hydrogens (tertiary/aromatic N) is 2. The van der Waals surface area contributed by atoms with Crippen molar-refractivity contribution in [2.75, 3.05) is 12.3 Å². The molecule has 1 aliphatic heterocycles. The fourth-order valence-electron chi connectivity index (χ4n) is 3.05. The molecule has 1 unspecified atom stereocenters. The summed E-state index contributed by atoms with van der Waals surface area (Å²) in [5.41, 5.74) is 2.39. The Balaban J connectivity index is 1.64. The number of halogens is 1. The number of benzene rings is 2. The Morgan fingerprint density at radius 3 is 2.67 bits per heavy atom. The largest absolute Gasteiger partial charge is 0.449 e. The third kappa shape index (κ3) is 3.65. The summed E-state index contributed by atoms with van der Waals surface area (Å²) < 4.78 is 33.2. The molecular weight excluding hydrogens is 404 g/mol. The molecule has 5 nitrogen and oxygen atoms in total. The van der Waals surface area contributed by atoms with Crippen LogP contribution in [0.2, 0.25) is 5.02 Å². The molecule has 0 aliphatic carbocycles. The van der Waals surface area contributed by atoms with E-state index in [9.17, 15) is 8.42 Å². The van der Waals surface area contributed by atoms with Crippen molar-refractivity contribution < 1.29 is 12.8 Å². The summed E-state index contributed by atoms with van der Waals surface area (Å²) in [5.74, 6) is 1.31. The van der Waals surface area contributed by atoms with Crippen molar-refractivity contribution in [1.29, 1.82) is 0 Å². The van der Waals surface area contributed by atoms with Crippen LogP contribution in [-0.4, -0.2) is 30.0 Å². The average molecular weight is 421 g/mol. The highest BCUT2D eigenvalue weighted by atomic mass is 35.5. The number of aryl methyl sites for hydroxylation is 1. The molecule has 0 bridgehead atoms. The van der Waals surface area contributed by atoms with Crippen molar-refractivity contribution in [3.05, 3.63) is 71.3 Å². The molecule has 0 N–H and O–H groups in total. The number of hydrogen-bond acceptors (Lipinski definition) is 5. The molecule has 1 aliphatic rings. The van der Waals surface area contributed by atoms with Crippen LogP contribution in [0.3, 0.4) is 0 Å². The van der Waals surface area contributed by atoms with E-state index in [1.807, 2.05) is 18.2 Å². The molecule has 4 rings (SSSR count). The molecule has 3 aromatic rings. The standard InChI is InChI=1S/C19H17ClN2O3S2/c1-13-21-18(12-25-13)14-5-7-17(8-6-14)27(23,24)22-9-10-26-19(22)15-3-2-4-16(20)11-15/h2-8,11-12,19H,9-10H2,1H3. The summed E-state index contributed by atoms with van der Waals surface area (Å²) in [6.45, 7) is 2.23. The number of thioether (sulfide) groups is 1. The Morgan fingerprint density at radius 1 is 1.22 bits per heavy atom. The van der Waals surface area contributed by atoms with Gasteiger partial charge in [0.05, 0.1) is 10.3 Å². The van der Waals surface area contributed by atoms with E-state index in [1.54, 1.807) is 59.6 Å². The van der Waals surface area contributed by atoms with Gasteiger partial charge >= 0.3 is 0 Å². The minimum absolute atomic E-state index is 0.265. The van der Waals surface area contributed by atoms with Gasteiger partial charge in [0.2, 0.25) is 10.0 Å². The Labute approximate surface area is 167 Å². The van der Waals surface area contributed by atoms with Crippen LogP contribution in [0.4, 0.5) is 0 Å². The monoisotopic (exact) mass is 420 g/mol. The zero-order chi connectivity index (χ0) is 19.0. The first-order valence-corrected chi connectivity index (χ1v) is 11.2. The van der Waals surface area contributed by atoms with E-state index in [-0.39, 0.29) is 10.3 Å². The fourth-order valence-corrected chi connectivity index (χ4v) is 6.48. The fraction of sp³-hybridized carbons (Fsp3) is 0.211. The van der Waals surface area contributed by atoms with Crippen LogP contribution < -0.4 is 0 Å². The first-order chi connectivity index (χ1) is 12.9. The summed E-state index contributed by atoms with van der Waals surface area (Å²) >= 11 is 7.69. The van der Waals surface area contributed by atoms with Crippen LogP contribution in [0.5, 0.6) is 0 Å². The van der Waals surface area contributed by atoms with Gasteiger partial charge in [0.15, 0.2) is 5.89 Å². The minimum atomic E-state index is -3.62. The predicted octanol–water partition coefficient (Wildman–Crippen LogP) is 4.74. The first kappa shape index (κ1) is 18.6. The SMILES string of the molecule is Cc1nc(-c2ccc(S(=O)(=O)N3CCSC3c3cccc(Cl)c3)cc2)co1. The maximum atomic E-state index is 13.2. The van der Waals surface area contributed by atoms with Crippen molar-refractivity contribution in [1.82, 2.24) is 9.29 Å². The number of rotatable bonds is 4. The zero-order valence-corrected chi connectivity index (χ0v) is 16.9. The van der Waals surface area contributed by atoms with Crippen molar-refractivity contribution >= 4 is 33.4 Å². The summed E-state index contributed by atoms with van der Waals surface area (Å²) in [5, 5.41) is 0.330. The molecule has 0 radical (unpaired) electrons. The molecule has 1 aromatic heterocycles. The lowest BCUT2D eigenvalue weighted by Crippen LogP contribution is -2.30. The summed E-state index contributed by atoms with van der Waals surface area (Å²) in [6, 6.07) is 14.1. The molecule has 0 saturated carbocycles. The van der Waals surface area contributed by atoms with E-state index in [2.05, 4.69) is 4.98 Å². The highest BCUT2D eigenvalue weighted by Gasteiger charge is 2.36. The van der Waals surface area contributed by atoms with Crippen molar-refractivity contribution in [2.24, 2.45) is 0 Å². The molecule has 0 spiro atoms. The normalized spacial score (nSPS) is 18.1. The van der Waals surface area contributed by atoms with Crippen LogP contribution in [0, 0.1) is 6.92 Å². The second-order valence-electron chi connectivity index (χ2n) is 6.17. The second-order valence-corrected chi connectivity index (χ2v) is 9.69. The van der Waals surface area contributed by atoms with E-state index in [1.165, 1.54) is 0 Å². The van der Waals surface area contributed by atoms with Gasteiger partial charge in [-0.2, -0.15) is 4.31 Å². The van der Waals surface area contributed by atoms with Gasteiger partial charge in [-0.3, -0.25) is 0 Å². The number of sulfonamides is 1. The number of oxazole rings is 1. The Kier molecular flexibility index (Phi) is 5.03. The maximum absolute atomic E-state index is 13.2. The van der Waals surface area contributed by atoms with Gasteiger partial charge in [0.1, 0.15) is 12.0 Å². The van der Waals surface area contributed by atoms with Gasteiger partial charge in [0, 0.05) is 29.8 Å². The molecular formula is C19H17ClN2O3S2. The van der Waals surface area contributed by atoms with Crippen LogP contribution in [-0.2, 0) is 10.0 Å². The maximum Gasteiger partial charge on any atom is 0.244 e. The van der Waals surface area contributed by atoms with Crippen LogP contribution in [0.15, 0.2) is 64.1 Å². The van der Waals surface area contributed by atoms with E-state index in [4.69, 9.17) is 16.0 Å². The average Bonchev–Trinajstić information content (AvgIpc) is 3.31. The number of hydrogen-bond donors (Lipinski definition) is 0. The van der Waals surface area contributed by atoms with Crippen LogP contribution >= 0.6 is 23.4 Å². The Hall–Kier alpha value is -1.80. The Morgan fingerprint density at radius 2 is 2.00 bits per heavy atom. The van der Waals surface area contributed by atoms with Gasteiger partial charge in [-0.05, 0) is 29.8 Å². The van der Waals surface area contributed by atoms with Crippen molar-refractivity contribution in [2.45, 2.75) is 17.2 Å². The molecule has 1 saturated heterocycles. The molecule has 1 fully saturated rings. The molecule has 8 heteroatoms. The third-order valence-corrected chi connectivity index (χ3v) is 7.87. The van der Waals surface area contributed by atoms with E-state index in [0.717, 1.165) is 16.9 Å². The third-order valence-electron chi connectivity index (χ3n) is 4.36. The lowest BCUT2D eigenvalue weighted by atomic mass is 10.2. The van der Waals surface area contributed by atoms with E-state index >= 15 is 0 Å². The van der Waals surface area contributed by atoms with Crippen molar-refractivity contribution in [3.8, 4) is 11.3 Å². The minimum Gasteiger partial charge on any atom is -0.449 e. The summed E-state index contributed by atoms with van der Waals surface area (Å²) in [4.78, 5) is 4.53. The highest BCUT2D eigenvalue weighted by molar-refractivity contribution is 8.01. The highest BCUT2D eigenvalue weighted by Crippen LogP contribution is 2.42. The van der Waals surface area contributed by atoms with Gasteiger partial charge in [-0.25, -0.2) is 13.4 Å². The van der Waals surface area contributed by atoms with Crippen LogP contribution in [0.25, 0.3) is 11.3 Å². The number of aromatic nitrogens is 1. The summed E-state index contributed by atoms with van der Waals surface area (Å²) in [7, 11) is -3.62. The molecule has 2 heterocycles. The predicted molar refractivity (Wildman–Crippen MR) is 107 cm³/mol. The van der Waals surface area contributed by atoms with Gasteiger partial charge < -0.3 is 4.42 Å². The van der Waals surface area contributed by atoms with E-state index in [0.29, 0.717) is 23.2 Å². The molecule has 0 amide bonds. The van der Waals surface area contributed by atoms with Crippen LogP contribution in [0.1, 0.15) is 16.8 Å². The molecule has 27 heavy (non-hydrogen) atoms. The molecule has 1 atom stereocenters. The lowest BCUT2D eigenvalue weighted by Gasteiger charge is -2.23. The quantitative estimate of drug-likeness (QED) is 0.610. The zero-order valence-electron chi connectivity index (χ0n) is 14.5. The lowest BCUT2D eigenvalue weighted by molar-refractivity contribution is 0.434. The van der Waals surface area contributed by atoms with Crippen molar-refractivity contribution in [3.63, 3.8) is 0 Å². The topological polar surface area (TPSA) is 63.4 Å². The smallest absolute Gasteiger partial charge is 0.244 e. The molecule has 2 aromatic carbocycles.